The summed E-state index contributed by atoms with van der Waals surface area (Å²) in [5.41, 5.74) is 0.330. The normalized spacial score (nSPS) is 14.6. The minimum Gasteiger partial charge on any atom is -0.410 e. The first-order chi connectivity index (χ1) is 8.69. The summed E-state index contributed by atoms with van der Waals surface area (Å²) in [7, 11) is 0. The number of para-hydroxylation sites is 1. The average Bonchev–Trinajstić information content (AvgIpc) is 2.39. The van der Waals surface area contributed by atoms with Gasteiger partial charge in [0.25, 0.3) is 0 Å². The third kappa shape index (κ3) is 2.99. The van der Waals surface area contributed by atoms with Gasteiger partial charge in [-0.15, -0.1) is 0 Å². The number of amides is 1. The Hall–Kier alpha value is -2.07. The van der Waals surface area contributed by atoms with Crippen molar-refractivity contribution in [2.75, 3.05) is 6.54 Å². The van der Waals surface area contributed by atoms with Gasteiger partial charge in [-0.05, 0) is 18.2 Å². The van der Waals surface area contributed by atoms with Gasteiger partial charge in [0.15, 0.2) is 6.29 Å². The molecular weight excluding hydrogens is 254 g/mol. The number of benzene rings is 1. The monoisotopic (exact) mass is 263 g/mol. The summed E-state index contributed by atoms with van der Waals surface area (Å²) in [5.74, 6) is 0.439. The summed E-state index contributed by atoms with van der Waals surface area (Å²) in [6, 6.07) is 8.69. The number of hydrogen-bond acceptors (Lipinski definition) is 3. The summed E-state index contributed by atoms with van der Waals surface area (Å²) in [4.78, 5) is 23.8. The molecule has 0 bridgehead atoms. The number of halogens is 1. The van der Waals surface area contributed by atoms with Gasteiger partial charge in [0, 0.05) is 16.8 Å². The maximum atomic E-state index is 11.8. The standard InChI is InChI=1S/C13H10ClNO3/c14-11-6-10(9-16)7-15(8-11)13(17)18-12-4-2-1-3-5-12/h1-7,9H,8H2. The molecule has 1 aromatic carbocycles. The van der Waals surface area contributed by atoms with E-state index in [1.165, 1.54) is 17.2 Å². The van der Waals surface area contributed by atoms with Crippen LogP contribution in [0.5, 0.6) is 5.75 Å². The van der Waals surface area contributed by atoms with Crippen LogP contribution in [0.3, 0.4) is 0 Å². The quantitative estimate of drug-likeness (QED) is 0.771. The van der Waals surface area contributed by atoms with Crippen molar-refractivity contribution in [3.8, 4) is 5.75 Å². The molecule has 0 fully saturated rings. The molecule has 0 aliphatic carbocycles. The lowest BCUT2D eigenvalue weighted by Gasteiger charge is -2.21. The summed E-state index contributed by atoms with van der Waals surface area (Å²) >= 11 is 5.84. The Morgan fingerprint density at radius 1 is 1.33 bits per heavy atom. The van der Waals surface area contributed by atoms with E-state index in [1.54, 1.807) is 24.3 Å². The van der Waals surface area contributed by atoms with Crippen molar-refractivity contribution in [1.29, 1.82) is 0 Å². The van der Waals surface area contributed by atoms with Crippen LogP contribution in [0, 0.1) is 0 Å². The van der Waals surface area contributed by atoms with Gasteiger partial charge in [-0.3, -0.25) is 9.69 Å². The Labute approximate surface area is 109 Å². The number of nitrogens with zero attached hydrogens (tertiary/aromatic N) is 1. The minimum atomic E-state index is -0.577. The predicted molar refractivity (Wildman–Crippen MR) is 67.3 cm³/mol. The zero-order chi connectivity index (χ0) is 13.0. The lowest BCUT2D eigenvalue weighted by Crippen LogP contribution is -2.32. The van der Waals surface area contributed by atoms with Crippen molar-refractivity contribution in [2.24, 2.45) is 0 Å². The Morgan fingerprint density at radius 3 is 2.72 bits per heavy atom. The molecule has 2 rings (SSSR count). The van der Waals surface area contributed by atoms with E-state index in [0.717, 1.165) is 0 Å². The van der Waals surface area contributed by atoms with E-state index in [9.17, 15) is 9.59 Å². The summed E-state index contributed by atoms with van der Waals surface area (Å²) in [5, 5.41) is 0.407. The number of carbonyl (C=O) groups is 2. The summed E-state index contributed by atoms with van der Waals surface area (Å²) in [6.45, 7) is 0.199. The molecule has 4 nitrogen and oxygen atoms in total. The van der Waals surface area contributed by atoms with Gasteiger partial charge in [0.2, 0.25) is 0 Å². The highest BCUT2D eigenvalue weighted by molar-refractivity contribution is 6.30. The molecule has 0 aromatic heterocycles. The van der Waals surface area contributed by atoms with Crippen molar-refractivity contribution in [1.82, 2.24) is 4.90 Å². The molecule has 0 saturated carbocycles. The lowest BCUT2D eigenvalue weighted by molar-refractivity contribution is -0.104. The second-order valence-electron chi connectivity index (χ2n) is 3.65. The lowest BCUT2D eigenvalue weighted by atomic mass is 10.2. The van der Waals surface area contributed by atoms with Crippen LogP contribution in [-0.2, 0) is 4.79 Å². The van der Waals surface area contributed by atoms with Crippen LogP contribution in [0.25, 0.3) is 0 Å². The highest BCUT2D eigenvalue weighted by Gasteiger charge is 2.18. The highest BCUT2D eigenvalue weighted by atomic mass is 35.5. The molecule has 1 amide bonds. The van der Waals surface area contributed by atoms with Crippen molar-refractivity contribution < 1.29 is 14.3 Å². The molecule has 0 atom stereocenters. The third-order valence-corrected chi connectivity index (χ3v) is 2.50. The second-order valence-corrected chi connectivity index (χ2v) is 4.13. The Kier molecular flexibility index (Phi) is 3.79. The Bertz CT molecular complexity index is 522. The van der Waals surface area contributed by atoms with Gasteiger partial charge >= 0.3 is 6.09 Å². The van der Waals surface area contributed by atoms with Crippen molar-refractivity contribution in [3.05, 3.63) is 53.2 Å². The Morgan fingerprint density at radius 2 is 2.06 bits per heavy atom. The number of rotatable bonds is 2. The van der Waals surface area contributed by atoms with E-state index in [4.69, 9.17) is 16.3 Å². The second kappa shape index (κ2) is 5.51. The topological polar surface area (TPSA) is 46.6 Å². The van der Waals surface area contributed by atoms with Gasteiger partial charge < -0.3 is 4.74 Å². The summed E-state index contributed by atoms with van der Waals surface area (Å²) < 4.78 is 5.14. The number of hydrogen-bond donors (Lipinski definition) is 0. The van der Waals surface area contributed by atoms with Crippen LogP contribution in [0.4, 0.5) is 4.79 Å². The number of allylic oxidation sites excluding steroid dienone is 2. The highest BCUT2D eigenvalue weighted by Crippen LogP contribution is 2.17. The van der Waals surface area contributed by atoms with E-state index in [0.29, 0.717) is 22.6 Å². The van der Waals surface area contributed by atoms with Crippen molar-refractivity contribution in [3.63, 3.8) is 0 Å². The first-order valence-corrected chi connectivity index (χ1v) is 5.63. The van der Waals surface area contributed by atoms with Crippen LogP contribution in [-0.4, -0.2) is 23.8 Å². The zero-order valence-corrected chi connectivity index (χ0v) is 10.1. The fourth-order valence-corrected chi connectivity index (χ4v) is 1.74. The summed E-state index contributed by atoms with van der Waals surface area (Å²) in [6.07, 6.45) is 2.97. The van der Waals surface area contributed by atoms with Gasteiger partial charge in [-0.25, -0.2) is 4.79 Å². The molecule has 1 aliphatic rings. The fraction of sp³-hybridized carbons (Fsp3) is 0.0769. The fourth-order valence-electron chi connectivity index (χ4n) is 1.48. The SMILES string of the molecule is O=CC1=CN(C(=O)Oc2ccccc2)CC(Cl)=C1. The molecule has 0 saturated heterocycles. The van der Waals surface area contributed by atoms with Crippen LogP contribution in [0.2, 0.25) is 0 Å². The van der Waals surface area contributed by atoms with Gasteiger partial charge in [-0.2, -0.15) is 0 Å². The van der Waals surface area contributed by atoms with E-state index < -0.39 is 6.09 Å². The van der Waals surface area contributed by atoms with Gasteiger partial charge in [-0.1, -0.05) is 29.8 Å². The molecule has 18 heavy (non-hydrogen) atoms. The molecular formula is C13H10ClNO3. The maximum absolute atomic E-state index is 11.8. The van der Waals surface area contributed by atoms with E-state index in [-0.39, 0.29) is 6.54 Å². The van der Waals surface area contributed by atoms with E-state index >= 15 is 0 Å². The third-order valence-electron chi connectivity index (χ3n) is 2.27. The molecule has 92 valence electrons. The molecule has 1 heterocycles. The number of carbonyl (C=O) groups excluding carboxylic acids is 2. The molecule has 0 N–H and O–H groups in total. The van der Waals surface area contributed by atoms with Crippen LogP contribution < -0.4 is 4.74 Å². The number of ether oxygens (including phenoxy) is 1. The van der Waals surface area contributed by atoms with E-state index in [1.807, 2.05) is 6.07 Å². The van der Waals surface area contributed by atoms with E-state index in [2.05, 4.69) is 0 Å². The molecule has 1 aliphatic heterocycles. The minimum absolute atomic E-state index is 0.199. The smallest absolute Gasteiger partial charge is 0.410 e. The maximum Gasteiger partial charge on any atom is 0.419 e. The van der Waals surface area contributed by atoms with Crippen molar-refractivity contribution >= 4 is 24.0 Å². The van der Waals surface area contributed by atoms with Crippen LogP contribution in [0.15, 0.2) is 53.2 Å². The van der Waals surface area contributed by atoms with Crippen LogP contribution >= 0.6 is 11.6 Å². The molecule has 0 radical (unpaired) electrons. The first kappa shape index (κ1) is 12.4. The largest absolute Gasteiger partial charge is 0.419 e. The molecule has 0 unspecified atom stereocenters. The average molecular weight is 264 g/mol. The molecule has 0 spiro atoms. The van der Waals surface area contributed by atoms with Gasteiger partial charge in [0.05, 0.1) is 6.54 Å². The molecule has 5 heteroatoms. The predicted octanol–water partition coefficient (Wildman–Crippen LogP) is 2.71. The zero-order valence-electron chi connectivity index (χ0n) is 9.38. The molecule has 1 aromatic rings. The first-order valence-electron chi connectivity index (χ1n) is 5.25. The van der Waals surface area contributed by atoms with Crippen molar-refractivity contribution in [2.45, 2.75) is 0 Å². The Balaban J connectivity index is 2.09. The number of aldehydes is 1. The van der Waals surface area contributed by atoms with Crippen LogP contribution in [0.1, 0.15) is 0 Å². The van der Waals surface area contributed by atoms with Gasteiger partial charge in [0.1, 0.15) is 5.75 Å².